The molecular formula is C19H21N5O3. The first kappa shape index (κ1) is 18.6. The maximum absolute atomic E-state index is 12.9. The lowest BCUT2D eigenvalue weighted by molar-refractivity contribution is 0.0925. The van der Waals surface area contributed by atoms with E-state index >= 15 is 0 Å². The summed E-state index contributed by atoms with van der Waals surface area (Å²) in [4.78, 5) is 39.0. The van der Waals surface area contributed by atoms with Crippen molar-refractivity contribution in [2.75, 3.05) is 18.0 Å². The van der Waals surface area contributed by atoms with Crippen molar-refractivity contribution in [3.05, 3.63) is 62.3 Å². The Hall–Kier alpha value is -3.18. The van der Waals surface area contributed by atoms with Gasteiger partial charge in [0.25, 0.3) is 5.56 Å². The number of nitrogens with zero attached hydrogens (tertiary/aromatic N) is 4. The molecule has 1 aromatic heterocycles. The van der Waals surface area contributed by atoms with Gasteiger partial charge in [-0.3, -0.25) is 14.2 Å². The zero-order valence-corrected chi connectivity index (χ0v) is 15.1. The third-order valence-corrected chi connectivity index (χ3v) is 4.73. The zero-order chi connectivity index (χ0) is 19.6. The lowest BCUT2D eigenvalue weighted by Gasteiger charge is -2.34. The molecule has 3 rings (SSSR count). The predicted molar refractivity (Wildman–Crippen MR) is 101 cm³/mol. The van der Waals surface area contributed by atoms with E-state index in [0.717, 1.165) is 12.8 Å². The van der Waals surface area contributed by atoms with Gasteiger partial charge in [-0.15, -0.1) is 0 Å². The molecule has 1 aliphatic heterocycles. The van der Waals surface area contributed by atoms with E-state index in [4.69, 9.17) is 5.73 Å². The number of hydrogen-bond donors (Lipinski definition) is 1. The molecule has 2 heterocycles. The van der Waals surface area contributed by atoms with Crippen molar-refractivity contribution in [1.82, 2.24) is 9.13 Å². The van der Waals surface area contributed by atoms with Gasteiger partial charge in [-0.2, -0.15) is 9.83 Å². The Kier molecular flexibility index (Phi) is 5.23. The molecule has 0 bridgehead atoms. The first-order valence-corrected chi connectivity index (χ1v) is 8.78. The Morgan fingerprint density at radius 1 is 1.33 bits per heavy atom. The Balaban J connectivity index is 2.18. The SMILES string of the molecule is CC(=O)n1c(=O)cc(N2CCC[C@@H](N)C2)n(Cc2ccccc2C#N)c1=O. The minimum Gasteiger partial charge on any atom is -0.356 e. The van der Waals surface area contributed by atoms with Crippen LogP contribution in [-0.2, 0) is 6.54 Å². The molecule has 8 nitrogen and oxygen atoms in total. The maximum Gasteiger partial charge on any atom is 0.339 e. The van der Waals surface area contributed by atoms with Gasteiger partial charge in [0.1, 0.15) is 5.82 Å². The highest BCUT2D eigenvalue weighted by Crippen LogP contribution is 2.19. The number of carbonyl (C=O) groups excluding carboxylic acids is 1. The predicted octanol–water partition coefficient (Wildman–Crippen LogP) is 0.518. The van der Waals surface area contributed by atoms with Crippen molar-refractivity contribution >= 4 is 11.7 Å². The summed E-state index contributed by atoms with van der Waals surface area (Å²) in [6, 6.07) is 10.3. The van der Waals surface area contributed by atoms with Crippen molar-refractivity contribution in [3.8, 4) is 6.07 Å². The molecule has 2 N–H and O–H groups in total. The Morgan fingerprint density at radius 2 is 2.07 bits per heavy atom. The molecule has 1 fully saturated rings. The third kappa shape index (κ3) is 3.68. The summed E-state index contributed by atoms with van der Waals surface area (Å²) in [5, 5.41) is 9.33. The fourth-order valence-electron chi connectivity index (χ4n) is 3.42. The number of aromatic nitrogens is 2. The van der Waals surface area contributed by atoms with Crippen molar-refractivity contribution in [1.29, 1.82) is 5.26 Å². The molecule has 0 radical (unpaired) electrons. The molecule has 2 aromatic rings. The van der Waals surface area contributed by atoms with Crippen LogP contribution >= 0.6 is 0 Å². The number of nitrogens with two attached hydrogens (primary N) is 1. The van der Waals surface area contributed by atoms with Crippen LogP contribution in [0.3, 0.4) is 0 Å². The fraction of sp³-hybridized carbons (Fsp3) is 0.368. The van der Waals surface area contributed by atoms with E-state index < -0.39 is 17.2 Å². The maximum atomic E-state index is 12.9. The van der Waals surface area contributed by atoms with Gasteiger partial charge >= 0.3 is 5.69 Å². The van der Waals surface area contributed by atoms with E-state index in [0.29, 0.717) is 34.6 Å². The molecule has 0 aliphatic carbocycles. The highest BCUT2D eigenvalue weighted by Gasteiger charge is 2.23. The first-order valence-electron chi connectivity index (χ1n) is 8.78. The number of piperidine rings is 1. The summed E-state index contributed by atoms with van der Waals surface area (Å²) < 4.78 is 1.99. The fourth-order valence-corrected chi connectivity index (χ4v) is 3.42. The lowest BCUT2D eigenvalue weighted by atomic mass is 10.1. The van der Waals surface area contributed by atoms with Crippen LogP contribution in [0.25, 0.3) is 0 Å². The summed E-state index contributed by atoms with van der Waals surface area (Å²) in [7, 11) is 0. The molecule has 27 heavy (non-hydrogen) atoms. The van der Waals surface area contributed by atoms with Gasteiger partial charge in [0, 0.05) is 32.1 Å². The average Bonchev–Trinajstić information content (AvgIpc) is 2.64. The molecule has 1 aromatic carbocycles. The van der Waals surface area contributed by atoms with Gasteiger partial charge < -0.3 is 10.6 Å². The van der Waals surface area contributed by atoms with E-state index in [1.165, 1.54) is 17.6 Å². The summed E-state index contributed by atoms with van der Waals surface area (Å²) in [6.07, 6.45) is 1.72. The minimum atomic E-state index is -0.711. The van der Waals surface area contributed by atoms with Gasteiger partial charge in [-0.05, 0) is 24.5 Å². The van der Waals surface area contributed by atoms with Crippen LogP contribution in [0.5, 0.6) is 0 Å². The third-order valence-electron chi connectivity index (χ3n) is 4.73. The van der Waals surface area contributed by atoms with Crippen LogP contribution in [0.4, 0.5) is 5.82 Å². The second-order valence-electron chi connectivity index (χ2n) is 6.68. The molecule has 1 aliphatic rings. The Bertz CT molecular complexity index is 1030. The number of carbonyl (C=O) groups is 1. The number of benzene rings is 1. The highest BCUT2D eigenvalue weighted by atomic mass is 16.2. The number of nitriles is 1. The molecule has 8 heteroatoms. The second kappa shape index (κ2) is 7.60. The van der Waals surface area contributed by atoms with E-state index in [1.54, 1.807) is 24.3 Å². The first-order chi connectivity index (χ1) is 12.9. The summed E-state index contributed by atoms with van der Waals surface area (Å²) in [5.74, 6) is -0.223. The van der Waals surface area contributed by atoms with Crippen molar-refractivity contribution in [2.45, 2.75) is 32.4 Å². The summed E-state index contributed by atoms with van der Waals surface area (Å²) in [6.45, 7) is 2.43. The number of hydrogen-bond acceptors (Lipinski definition) is 6. The average molecular weight is 367 g/mol. The van der Waals surface area contributed by atoms with Crippen molar-refractivity contribution in [3.63, 3.8) is 0 Å². The minimum absolute atomic E-state index is 0.0519. The Morgan fingerprint density at radius 3 is 2.74 bits per heavy atom. The second-order valence-corrected chi connectivity index (χ2v) is 6.68. The summed E-state index contributed by atoms with van der Waals surface area (Å²) >= 11 is 0. The molecular weight excluding hydrogens is 346 g/mol. The molecule has 140 valence electrons. The van der Waals surface area contributed by atoms with E-state index in [2.05, 4.69) is 6.07 Å². The molecule has 1 atom stereocenters. The molecule has 0 saturated carbocycles. The van der Waals surface area contributed by atoms with Gasteiger partial charge in [-0.25, -0.2) is 4.79 Å². The van der Waals surface area contributed by atoms with Gasteiger partial charge in [-0.1, -0.05) is 18.2 Å². The lowest BCUT2D eigenvalue weighted by Crippen LogP contribution is -2.49. The summed E-state index contributed by atoms with van der Waals surface area (Å²) in [5.41, 5.74) is 5.76. The monoisotopic (exact) mass is 367 g/mol. The van der Waals surface area contributed by atoms with E-state index in [9.17, 15) is 19.6 Å². The van der Waals surface area contributed by atoms with Crippen LogP contribution in [0, 0.1) is 11.3 Å². The molecule has 0 amide bonds. The van der Waals surface area contributed by atoms with Crippen LogP contribution in [0.2, 0.25) is 0 Å². The van der Waals surface area contributed by atoms with Crippen LogP contribution < -0.4 is 21.9 Å². The normalized spacial score (nSPS) is 16.8. The molecule has 0 unspecified atom stereocenters. The topological polar surface area (TPSA) is 114 Å². The van der Waals surface area contributed by atoms with Crippen LogP contribution in [0.1, 0.15) is 35.7 Å². The van der Waals surface area contributed by atoms with E-state index in [-0.39, 0.29) is 12.6 Å². The number of anilines is 1. The van der Waals surface area contributed by atoms with E-state index in [1.807, 2.05) is 4.90 Å². The van der Waals surface area contributed by atoms with Gasteiger partial charge in [0.15, 0.2) is 0 Å². The van der Waals surface area contributed by atoms with Gasteiger partial charge in [0.05, 0.1) is 18.2 Å². The zero-order valence-electron chi connectivity index (χ0n) is 15.1. The van der Waals surface area contributed by atoms with Crippen molar-refractivity contribution in [2.24, 2.45) is 5.73 Å². The smallest absolute Gasteiger partial charge is 0.339 e. The van der Waals surface area contributed by atoms with Crippen molar-refractivity contribution < 1.29 is 4.79 Å². The molecule has 1 saturated heterocycles. The largest absolute Gasteiger partial charge is 0.356 e. The number of rotatable bonds is 3. The standard InChI is InChI=1S/C19H21N5O3/c1-13(25)24-18(26)9-17(22-8-4-7-16(21)12-22)23(19(24)27)11-15-6-3-2-5-14(15)10-20/h2-3,5-6,9,16H,4,7-8,11-12,21H2,1H3/t16-/m1/s1. The van der Waals surface area contributed by atoms with Gasteiger partial charge in [0.2, 0.25) is 5.91 Å². The van der Waals surface area contributed by atoms with Crippen LogP contribution in [-0.4, -0.2) is 34.2 Å². The highest BCUT2D eigenvalue weighted by molar-refractivity contribution is 5.75. The Labute approximate surface area is 156 Å². The molecule has 0 spiro atoms. The quantitative estimate of drug-likeness (QED) is 0.846. The van der Waals surface area contributed by atoms with Crippen LogP contribution in [0.15, 0.2) is 39.9 Å².